The highest BCUT2D eigenvalue weighted by atomic mass is 32.1. The summed E-state index contributed by atoms with van der Waals surface area (Å²) in [4.78, 5) is 8.75. The Morgan fingerprint density at radius 2 is 1.58 bits per heavy atom. The van der Waals surface area contributed by atoms with E-state index < -0.39 is 0 Å². The molecule has 2 N–H and O–H groups in total. The predicted molar refractivity (Wildman–Crippen MR) is 99.9 cm³/mol. The van der Waals surface area contributed by atoms with Crippen molar-refractivity contribution in [2.24, 2.45) is 5.10 Å². The van der Waals surface area contributed by atoms with Gasteiger partial charge in [0.1, 0.15) is 5.71 Å². The first-order valence-corrected chi connectivity index (χ1v) is 8.71. The second-order valence-corrected chi connectivity index (χ2v) is 6.22. The van der Waals surface area contributed by atoms with E-state index in [1.807, 2.05) is 36.4 Å². The minimum atomic E-state index is 0.446. The lowest BCUT2D eigenvalue weighted by Crippen LogP contribution is -2.41. The van der Waals surface area contributed by atoms with Gasteiger partial charge in [0.2, 0.25) is 0 Å². The molecule has 6 heteroatoms. The van der Waals surface area contributed by atoms with Crippen LogP contribution in [0.15, 0.2) is 53.9 Å². The normalized spacial score (nSPS) is 14.7. The van der Waals surface area contributed by atoms with Crippen LogP contribution in [0.4, 0.5) is 0 Å². The van der Waals surface area contributed by atoms with Gasteiger partial charge >= 0.3 is 0 Å². The van der Waals surface area contributed by atoms with E-state index in [0.717, 1.165) is 11.4 Å². The highest BCUT2D eigenvalue weighted by Gasteiger charge is 2.14. The van der Waals surface area contributed by atoms with E-state index in [9.17, 15) is 0 Å². The Kier molecular flexibility index (Phi) is 5.85. The number of hydrogen-bond donors (Lipinski definition) is 2. The Labute approximate surface area is 147 Å². The largest absolute Gasteiger partial charge is 0.359 e. The van der Waals surface area contributed by atoms with Crippen molar-refractivity contribution >= 4 is 23.0 Å². The van der Waals surface area contributed by atoms with Crippen molar-refractivity contribution in [1.29, 1.82) is 0 Å². The van der Waals surface area contributed by atoms with Gasteiger partial charge in [-0.3, -0.25) is 15.4 Å². The maximum atomic E-state index is 5.38. The molecule has 2 aromatic heterocycles. The Morgan fingerprint density at radius 1 is 0.958 bits per heavy atom. The molecular weight excluding hydrogens is 318 g/mol. The fraction of sp³-hybridized carbons (Fsp3) is 0.333. The summed E-state index contributed by atoms with van der Waals surface area (Å²) in [6.07, 6.45) is 9.66. The number of aromatic nitrogens is 2. The first kappa shape index (κ1) is 16.5. The van der Waals surface area contributed by atoms with Crippen LogP contribution in [0, 0.1) is 0 Å². The summed E-state index contributed by atoms with van der Waals surface area (Å²) >= 11 is 5.38. The molecule has 1 aliphatic carbocycles. The molecule has 0 unspecified atom stereocenters. The Hall–Kier alpha value is -2.34. The van der Waals surface area contributed by atoms with Crippen LogP contribution in [0.2, 0.25) is 0 Å². The lowest BCUT2D eigenvalue weighted by atomic mass is 9.96. The molecule has 2 heterocycles. The smallest absolute Gasteiger partial charge is 0.187 e. The number of hydrazone groups is 1. The van der Waals surface area contributed by atoms with Gasteiger partial charge in [-0.2, -0.15) is 5.10 Å². The number of thiocarbonyl (C=S) groups is 1. The highest BCUT2D eigenvalue weighted by Crippen LogP contribution is 2.17. The molecule has 1 saturated carbocycles. The molecule has 1 fully saturated rings. The second-order valence-electron chi connectivity index (χ2n) is 5.81. The van der Waals surface area contributed by atoms with Gasteiger partial charge in [-0.25, -0.2) is 0 Å². The van der Waals surface area contributed by atoms with E-state index in [0.29, 0.717) is 16.9 Å². The monoisotopic (exact) mass is 339 g/mol. The van der Waals surface area contributed by atoms with Gasteiger partial charge in [-0.05, 0) is 49.3 Å². The molecule has 0 atom stereocenters. The summed E-state index contributed by atoms with van der Waals surface area (Å²) < 4.78 is 0. The third-order valence-corrected chi connectivity index (χ3v) is 4.23. The molecule has 3 rings (SSSR count). The zero-order valence-corrected chi connectivity index (χ0v) is 14.3. The third kappa shape index (κ3) is 4.58. The quantitative estimate of drug-likeness (QED) is 0.509. The van der Waals surface area contributed by atoms with Crippen molar-refractivity contribution in [1.82, 2.24) is 20.7 Å². The van der Waals surface area contributed by atoms with E-state index in [1.54, 1.807) is 12.4 Å². The summed E-state index contributed by atoms with van der Waals surface area (Å²) in [6.45, 7) is 0. The fourth-order valence-corrected chi connectivity index (χ4v) is 3.04. The summed E-state index contributed by atoms with van der Waals surface area (Å²) in [6, 6.07) is 11.9. The minimum Gasteiger partial charge on any atom is -0.359 e. The van der Waals surface area contributed by atoms with Gasteiger partial charge in [0.05, 0.1) is 11.4 Å². The van der Waals surface area contributed by atoms with Gasteiger partial charge in [0.15, 0.2) is 5.11 Å². The van der Waals surface area contributed by atoms with E-state index in [-0.39, 0.29) is 0 Å². The fourth-order valence-electron chi connectivity index (χ4n) is 2.82. The van der Waals surface area contributed by atoms with Crippen LogP contribution in [-0.4, -0.2) is 26.8 Å². The molecule has 1 aliphatic rings. The zero-order valence-electron chi connectivity index (χ0n) is 13.5. The highest BCUT2D eigenvalue weighted by molar-refractivity contribution is 7.80. The van der Waals surface area contributed by atoms with E-state index in [1.165, 1.54) is 32.1 Å². The first-order valence-electron chi connectivity index (χ1n) is 8.30. The standard InChI is InChI=1S/C18H21N5S/c24-18(21-14-8-2-1-3-9-14)23-22-17(15-10-4-6-12-19-15)16-11-5-7-13-20-16/h4-7,10-14H,1-3,8-9H2,(H2,21,23,24). The van der Waals surface area contributed by atoms with Gasteiger partial charge in [0.25, 0.3) is 0 Å². The Bertz CT molecular complexity index is 640. The van der Waals surface area contributed by atoms with Crippen molar-refractivity contribution in [2.75, 3.05) is 0 Å². The molecule has 0 aromatic carbocycles. The van der Waals surface area contributed by atoms with Gasteiger partial charge in [-0.1, -0.05) is 31.4 Å². The molecule has 24 heavy (non-hydrogen) atoms. The number of nitrogens with zero attached hydrogens (tertiary/aromatic N) is 3. The minimum absolute atomic E-state index is 0.446. The van der Waals surface area contributed by atoms with Crippen molar-refractivity contribution in [3.63, 3.8) is 0 Å². The maximum absolute atomic E-state index is 5.38. The molecule has 0 amide bonds. The molecule has 2 aromatic rings. The third-order valence-electron chi connectivity index (χ3n) is 4.02. The molecule has 124 valence electrons. The molecule has 0 saturated heterocycles. The van der Waals surface area contributed by atoms with Crippen LogP contribution >= 0.6 is 12.2 Å². The van der Waals surface area contributed by atoms with Crippen LogP contribution in [0.25, 0.3) is 0 Å². The molecule has 0 bridgehead atoms. The average Bonchev–Trinajstić information content (AvgIpc) is 2.64. The number of nitrogens with one attached hydrogen (secondary N) is 2. The second kappa shape index (κ2) is 8.49. The summed E-state index contributed by atoms with van der Waals surface area (Å²) in [5.74, 6) is 0. The lowest BCUT2D eigenvalue weighted by molar-refractivity contribution is 0.412. The maximum Gasteiger partial charge on any atom is 0.187 e. The van der Waals surface area contributed by atoms with Crippen LogP contribution in [0.5, 0.6) is 0 Å². The van der Waals surface area contributed by atoms with Gasteiger partial charge < -0.3 is 5.32 Å². The molecular formula is C18H21N5S. The molecule has 5 nitrogen and oxygen atoms in total. The predicted octanol–water partition coefficient (Wildman–Crippen LogP) is 3.03. The van der Waals surface area contributed by atoms with Crippen LogP contribution < -0.4 is 10.7 Å². The summed E-state index contributed by atoms with van der Waals surface area (Å²) in [5.41, 5.74) is 5.13. The molecule has 0 radical (unpaired) electrons. The van der Waals surface area contributed by atoms with Crippen LogP contribution in [-0.2, 0) is 0 Å². The van der Waals surface area contributed by atoms with Crippen molar-refractivity contribution < 1.29 is 0 Å². The average molecular weight is 339 g/mol. The van der Waals surface area contributed by atoms with Crippen LogP contribution in [0.3, 0.4) is 0 Å². The van der Waals surface area contributed by atoms with Crippen molar-refractivity contribution in [2.45, 2.75) is 38.1 Å². The molecule has 0 spiro atoms. The number of hydrogen-bond acceptors (Lipinski definition) is 4. The van der Waals surface area contributed by atoms with Crippen LogP contribution in [0.1, 0.15) is 43.5 Å². The summed E-state index contributed by atoms with van der Waals surface area (Å²) in [7, 11) is 0. The molecule has 0 aliphatic heterocycles. The van der Waals surface area contributed by atoms with Gasteiger partial charge in [-0.15, -0.1) is 0 Å². The van der Waals surface area contributed by atoms with Gasteiger partial charge in [0, 0.05) is 18.4 Å². The van der Waals surface area contributed by atoms with E-state index in [4.69, 9.17) is 12.2 Å². The Balaban J connectivity index is 1.73. The SMILES string of the molecule is S=C(NN=C(c1ccccn1)c1ccccn1)NC1CCCCC1. The van der Waals surface area contributed by atoms with Crippen molar-refractivity contribution in [3.8, 4) is 0 Å². The number of pyridine rings is 2. The number of rotatable bonds is 4. The van der Waals surface area contributed by atoms with E-state index >= 15 is 0 Å². The van der Waals surface area contributed by atoms with Crippen molar-refractivity contribution in [3.05, 3.63) is 60.2 Å². The lowest BCUT2D eigenvalue weighted by Gasteiger charge is -2.23. The first-order chi connectivity index (χ1) is 11.8. The summed E-state index contributed by atoms with van der Waals surface area (Å²) in [5, 5.41) is 8.36. The Morgan fingerprint density at radius 3 is 2.12 bits per heavy atom. The topological polar surface area (TPSA) is 62.2 Å². The zero-order chi connectivity index (χ0) is 16.6. The van der Waals surface area contributed by atoms with E-state index in [2.05, 4.69) is 25.8 Å².